The van der Waals surface area contributed by atoms with E-state index in [4.69, 9.17) is 15.2 Å². The van der Waals surface area contributed by atoms with Gasteiger partial charge in [0.25, 0.3) is 0 Å². The van der Waals surface area contributed by atoms with Crippen LogP contribution in [0, 0.1) is 0 Å². The maximum Gasteiger partial charge on any atom is 0.129 e. The summed E-state index contributed by atoms with van der Waals surface area (Å²) in [6.07, 6.45) is 0. The van der Waals surface area contributed by atoms with E-state index in [1.807, 2.05) is 26.2 Å². The largest absolute Gasteiger partial charge is 0.494 e. The number of ether oxygens (including phenoxy) is 2. The number of hydrogen-bond donors (Lipinski definition) is 1. The minimum Gasteiger partial charge on any atom is -0.494 e. The van der Waals surface area contributed by atoms with Crippen LogP contribution in [0.2, 0.25) is 0 Å². The van der Waals surface area contributed by atoms with Crippen LogP contribution in [0.4, 0.5) is 0 Å². The highest BCUT2D eigenvalue weighted by molar-refractivity contribution is 7.10. The maximum atomic E-state index is 5.95. The summed E-state index contributed by atoms with van der Waals surface area (Å²) in [7, 11) is 0. The molecule has 1 atom stereocenters. The van der Waals surface area contributed by atoms with Gasteiger partial charge in [-0.25, -0.2) is 4.98 Å². The molecular weight excluding hydrogens is 320 g/mol. The van der Waals surface area contributed by atoms with E-state index in [0.29, 0.717) is 13.2 Å². The molecule has 0 fully saturated rings. The van der Waals surface area contributed by atoms with Crippen molar-refractivity contribution >= 4 is 11.3 Å². The van der Waals surface area contributed by atoms with Gasteiger partial charge in [-0.1, -0.05) is 20.8 Å². The molecule has 0 aliphatic carbocycles. The lowest BCUT2D eigenvalue weighted by molar-refractivity contribution is 0.322. The number of benzene rings is 1. The zero-order valence-electron chi connectivity index (χ0n) is 15.5. The van der Waals surface area contributed by atoms with Crippen molar-refractivity contribution in [3.05, 3.63) is 28.1 Å². The van der Waals surface area contributed by atoms with Gasteiger partial charge in [-0.3, -0.25) is 0 Å². The number of rotatable bonds is 6. The second-order valence-corrected chi connectivity index (χ2v) is 7.71. The van der Waals surface area contributed by atoms with Crippen molar-refractivity contribution < 1.29 is 9.47 Å². The molecule has 4 nitrogen and oxygen atoms in total. The lowest BCUT2D eigenvalue weighted by atomic mass is 9.85. The Morgan fingerprint density at radius 2 is 1.75 bits per heavy atom. The van der Waals surface area contributed by atoms with Crippen molar-refractivity contribution in [1.82, 2.24) is 4.98 Å². The van der Waals surface area contributed by atoms with Gasteiger partial charge in [0, 0.05) is 16.5 Å². The molecule has 0 amide bonds. The third kappa shape index (κ3) is 4.08. The van der Waals surface area contributed by atoms with Crippen LogP contribution in [0.5, 0.6) is 11.5 Å². The Morgan fingerprint density at radius 3 is 2.25 bits per heavy atom. The summed E-state index contributed by atoms with van der Waals surface area (Å²) in [6.45, 7) is 13.7. The summed E-state index contributed by atoms with van der Waals surface area (Å²) in [6, 6.07) is 4.07. The monoisotopic (exact) mass is 348 g/mol. The van der Waals surface area contributed by atoms with Crippen LogP contribution < -0.4 is 15.2 Å². The number of aromatic nitrogens is 1. The molecule has 1 aromatic carbocycles. The van der Waals surface area contributed by atoms with Crippen LogP contribution in [0.3, 0.4) is 0 Å². The number of hydrogen-bond acceptors (Lipinski definition) is 5. The molecule has 0 bridgehead atoms. The summed E-state index contributed by atoms with van der Waals surface area (Å²) in [5.74, 6) is 1.73. The molecule has 0 aliphatic heterocycles. The van der Waals surface area contributed by atoms with Crippen LogP contribution in [0.1, 0.15) is 58.2 Å². The first-order chi connectivity index (χ1) is 11.3. The molecule has 2 rings (SSSR count). The molecule has 0 saturated heterocycles. The molecule has 0 saturated carbocycles. The van der Waals surface area contributed by atoms with Crippen molar-refractivity contribution in [3.8, 4) is 22.8 Å². The van der Waals surface area contributed by atoms with Gasteiger partial charge in [0.2, 0.25) is 0 Å². The number of thiazole rings is 1. The fraction of sp³-hybridized carbons (Fsp3) is 0.526. The van der Waals surface area contributed by atoms with E-state index in [0.717, 1.165) is 33.3 Å². The molecule has 1 aromatic heterocycles. The summed E-state index contributed by atoms with van der Waals surface area (Å²) in [4.78, 5) is 4.67. The Bertz CT molecular complexity index is 687. The standard InChI is InChI=1S/C19H28N2O2S/c1-7-22-16-10-14(19(4,5)6)17(23-8-2)9-13(16)15-11-24-18(21-15)12(3)20/h9-12H,7-8,20H2,1-6H3. The van der Waals surface area contributed by atoms with Crippen molar-refractivity contribution in [3.63, 3.8) is 0 Å². The van der Waals surface area contributed by atoms with E-state index in [2.05, 4.69) is 37.9 Å². The highest BCUT2D eigenvalue weighted by Crippen LogP contribution is 2.41. The van der Waals surface area contributed by atoms with Gasteiger partial charge >= 0.3 is 0 Å². The van der Waals surface area contributed by atoms with E-state index in [-0.39, 0.29) is 11.5 Å². The van der Waals surface area contributed by atoms with Crippen molar-refractivity contribution in [2.24, 2.45) is 5.73 Å². The predicted molar refractivity (Wildman–Crippen MR) is 101 cm³/mol. The molecule has 5 heteroatoms. The van der Waals surface area contributed by atoms with E-state index < -0.39 is 0 Å². The van der Waals surface area contributed by atoms with Crippen LogP contribution in [-0.4, -0.2) is 18.2 Å². The molecule has 132 valence electrons. The fourth-order valence-corrected chi connectivity index (χ4v) is 3.29. The molecule has 0 aliphatic rings. The second-order valence-electron chi connectivity index (χ2n) is 6.82. The lowest BCUT2D eigenvalue weighted by Crippen LogP contribution is -2.14. The molecule has 2 aromatic rings. The van der Waals surface area contributed by atoms with Crippen LogP contribution in [0.15, 0.2) is 17.5 Å². The third-order valence-electron chi connectivity index (χ3n) is 3.68. The molecule has 24 heavy (non-hydrogen) atoms. The average Bonchev–Trinajstić information content (AvgIpc) is 2.97. The first kappa shape index (κ1) is 18.7. The maximum absolute atomic E-state index is 5.95. The SMILES string of the molecule is CCOc1cc(C(C)(C)C)c(OCC)cc1-c1csc(C(C)N)n1. The molecule has 0 spiro atoms. The molecular formula is C19H28N2O2S. The highest BCUT2D eigenvalue weighted by Gasteiger charge is 2.23. The molecule has 2 N–H and O–H groups in total. The van der Waals surface area contributed by atoms with Crippen LogP contribution in [0.25, 0.3) is 11.3 Å². The van der Waals surface area contributed by atoms with Crippen LogP contribution in [-0.2, 0) is 5.41 Å². The van der Waals surface area contributed by atoms with Crippen molar-refractivity contribution in [1.29, 1.82) is 0 Å². The third-order valence-corrected chi connectivity index (χ3v) is 4.72. The summed E-state index contributed by atoms with van der Waals surface area (Å²) in [5, 5.41) is 2.95. The van der Waals surface area contributed by atoms with Crippen molar-refractivity contribution in [2.75, 3.05) is 13.2 Å². The van der Waals surface area contributed by atoms with Gasteiger partial charge in [-0.2, -0.15) is 0 Å². The van der Waals surface area contributed by atoms with E-state index in [1.54, 1.807) is 11.3 Å². The lowest BCUT2D eigenvalue weighted by Gasteiger charge is -2.24. The second kappa shape index (κ2) is 7.53. The zero-order valence-corrected chi connectivity index (χ0v) is 16.3. The van der Waals surface area contributed by atoms with Gasteiger partial charge in [0.05, 0.1) is 24.9 Å². The minimum absolute atomic E-state index is 0.0338. The molecule has 0 radical (unpaired) electrons. The van der Waals surface area contributed by atoms with E-state index in [9.17, 15) is 0 Å². The first-order valence-corrected chi connectivity index (χ1v) is 9.31. The van der Waals surface area contributed by atoms with Gasteiger partial charge < -0.3 is 15.2 Å². The smallest absolute Gasteiger partial charge is 0.129 e. The normalized spacial score (nSPS) is 13.0. The molecule has 1 unspecified atom stereocenters. The van der Waals surface area contributed by atoms with E-state index in [1.165, 1.54) is 0 Å². The predicted octanol–water partition coefficient (Wildman–Crippen LogP) is 4.92. The topological polar surface area (TPSA) is 57.4 Å². The van der Waals surface area contributed by atoms with Gasteiger partial charge in [0.15, 0.2) is 0 Å². The Labute approximate surface area is 149 Å². The van der Waals surface area contributed by atoms with Gasteiger partial charge in [-0.05, 0) is 38.3 Å². The number of nitrogens with two attached hydrogens (primary N) is 1. The quantitative estimate of drug-likeness (QED) is 0.804. The van der Waals surface area contributed by atoms with Gasteiger partial charge in [-0.15, -0.1) is 11.3 Å². The van der Waals surface area contributed by atoms with Gasteiger partial charge in [0.1, 0.15) is 16.5 Å². The zero-order chi connectivity index (χ0) is 17.9. The van der Waals surface area contributed by atoms with E-state index >= 15 is 0 Å². The Kier molecular flexibility index (Phi) is 5.88. The fourth-order valence-electron chi connectivity index (χ4n) is 2.52. The molecule has 1 heterocycles. The van der Waals surface area contributed by atoms with Crippen molar-refractivity contribution in [2.45, 2.75) is 53.0 Å². The van der Waals surface area contributed by atoms with Crippen LogP contribution >= 0.6 is 11.3 Å². The summed E-state index contributed by atoms with van der Waals surface area (Å²) in [5.41, 5.74) is 8.90. The Morgan fingerprint density at radius 1 is 1.12 bits per heavy atom. The first-order valence-electron chi connectivity index (χ1n) is 8.43. The minimum atomic E-state index is -0.0699. The summed E-state index contributed by atoms with van der Waals surface area (Å²) >= 11 is 1.58. The number of nitrogens with zero attached hydrogens (tertiary/aromatic N) is 1. The Hall–Kier alpha value is -1.59. The summed E-state index contributed by atoms with van der Waals surface area (Å²) < 4.78 is 11.8. The Balaban J connectivity index is 2.61. The highest BCUT2D eigenvalue weighted by atomic mass is 32.1. The average molecular weight is 349 g/mol.